The fourth-order valence-corrected chi connectivity index (χ4v) is 5.00. The standard InChI is InChI=1S/C29H19ClN6O2/c1-35(27-21-13-12-18(30)15-23(21)36-16-31-34-29(36)33-27)19-7-4-6-17(14-19)20-8-5-11-25-26(20)28(37)32-22-9-2-3-10-24(22)38-25/h2-16H,1H3,(H,32,37). The van der Waals surface area contributed by atoms with Crippen molar-refractivity contribution in [2.24, 2.45) is 0 Å². The number of fused-ring (bicyclic) bond motifs is 5. The van der Waals surface area contributed by atoms with Gasteiger partial charge in [-0.3, -0.25) is 9.20 Å². The van der Waals surface area contributed by atoms with Crippen LogP contribution in [-0.2, 0) is 0 Å². The SMILES string of the molecule is CN(c1cccc(-c2cccc3c2C(=O)Nc2ccccc2O3)c1)c1nc2nncn2c2cc(Cl)ccc12. The van der Waals surface area contributed by atoms with E-state index in [1.54, 1.807) is 6.33 Å². The molecule has 1 N–H and O–H groups in total. The van der Waals surface area contributed by atoms with Crippen molar-refractivity contribution in [3.05, 3.63) is 102 Å². The Balaban J connectivity index is 1.34. The maximum absolute atomic E-state index is 13.3. The summed E-state index contributed by atoms with van der Waals surface area (Å²) in [7, 11) is 1.94. The van der Waals surface area contributed by atoms with E-state index in [1.165, 1.54) is 0 Å². The van der Waals surface area contributed by atoms with Crippen molar-refractivity contribution >= 4 is 51.4 Å². The third-order valence-electron chi connectivity index (χ3n) is 6.67. The van der Waals surface area contributed by atoms with Gasteiger partial charge in [0, 0.05) is 23.1 Å². The quantitative estimate of drug-likeness (QED) is 0.280. The Kier molecular flexibility index (Phi) is 5.02. The minimum atomic E-state index is -0.221. The molecule has 2 aromatic heterocycles. The molecule has 8 nitrogen and oxygen atoms in total. The van der Waals surface area contributed by atoms with E-state index in [1.807, 2.05) is 101 Å². The predicted octanol–water partition coefficient (Wildman–Crippen LogP) is 6.72. The second kappa shape index (κ2) is 8.57. The fraction of sp³-hybridized carbons (Fsp3) is 0.0345. The maximum atomic E-state index is 13.3. The van der Waals surface area contributed by atoms with Gasteiger partial charge < -0.3 is 15.0 Å². The van der Waals surface area contributed by atoms with Crippen molar-refractivity contribution in [2.45, 2.75) is 0 Å². The van der Waals surface area contributed by atoms with Crippen LogP contribution in [0.4, 0.5) is 17.2 Å². The van der Waals surface area contributed by atoms with Gasteiger partial charge in [0.25, 0.3) is 11.7 Å². The molecule has 38 heavy (non-hydrogen) atoms. The normalized spacial score (nSPS) is 12.4. The summed E-state index contributed by atoms with van der Waals surface area (Å²) in [6, 6.07) is 26.6. The lowest BCUT2D eigenvalue weighted by atomic mass is 9.97. The Labute approximate surface area is 222 Å². The van der Waals surface area contributed by atoms with Gasteiger partial charge in [0.2, 0.25) is 0 Å². The summed E-state index contributed by atoms with van der Waals surface area (Å²) in [6.45, 7) is 0. The second-order valence-corrected chi connectivity index (χ2v) is 9.37. The number of amides is 1. The largest absolute Gasteiger partial charge is 0.454 e. The van der Waals surface area contributed by atoms with E-state index in [2.05, 4.69) is 15.5 Å². The molecule has 184 valence electrons. The number of rotatable bonds is 3. The molecule has 0 radical (unpaired) electrons. The minimum absolute atomic E-state index is 0.221. The molecule has 0 unspecified atom stereocenters. The summed E-state index contributed by atoms with van der Waals surface area (Å²) in [4.78, 5) is 20.1. The van der Waals surface area contributed by atoms with Gasteiger partial charge in [-0.25, -0.2) is 0 Å². The molecule has 0 bridgehead atoms. The number of carbonyl (C=O) groups excluding carboxylic acids is 1. The van der Waals surface area contributed by atoms with Crippen LogP contribution < -0.4 is 15.0 Å². The molecule has 6 aromatic rings. The van der Waals surface area contributed by atoms with Crippen LogP contribution in [0.2, 0.25) is 5.02 Å². The van der Waals surface area contributed by atoms with Crippen LogP contribution in [0.25, 0.3) is 27.8 Å². The number of benzene rings is 4. The van der Waals surface area contributed by atoms with Crippen LogP contribution in [0.1, 0.15) is 10.4 Å². The highest BCUT2D eigenvalue weighted by Crippen LogP contribution is 2.40. The molecule has 0 aliphatic carbocycles. The van der Waals surface area contributed by atoms with Crippen molar-refractivity contribution in [1.29, 1.82) is 0 Å². The van der Waals surface area contributed by atoms with Crippen LogP contribution in [0.5, 0.6) is 11.5 Å². The van der Waals surface area contributed by atoms with Gasteiger partial charge in [-0.15, -0.1) is 10.2 Å². The summed E-state index contributed by atoms with van der Waals surface area (Å²) in [5, 5.41) is 12.7. The molecular weight excluding hydrogens is 500 g/mol. The van der Waals surface area contributed by atoms with Crippen LogP contribution in [0, 0.1) is 0 Å². The molecule has 1 amide bonds. The van der Waals surface area contributed by atoms with Crippen molar-refractivity contribution < 1.29 is 9.53 Å². The number of ether oxygens (including phenoxy) is 1. The molecule has 0 atom stereocenters. The molecule has 0 spiro atoms. The number of para-hydroxylation sites is 2. The highest BCUT2D eigenvalue weighted by Gasteiger charge is 2.24. The zero-order valence-electron chi connectivity index (χ0n) is 20.1. The first-order valence-electron chi connectivity index (χ1n) is 11.9. The van der Waals surface area contributed by atoms with Gasteiger partial charge >= 0.3 is 0 Å². The summed E-state index contributed by atoms with van der Waals surface area (Å²) in [5.74, 6) is 2.07. The molecule has 9 heteroatoms. The van der Waals surface area contributed by atoms with E-state index < -0.39 is 0 Å². The number of carbonyl (C=O) groups is 1. The second-order valence-electron chi connectivity index (χ2n) is 8.94. The average Bonchev–Trinajstić information content (AvgIpc) is 3.36. The van der Waals surface area contributed by atoms with Crippen molar-refractivity contribution in [3.8, 4) is 22.6 Å². The lowest BCUT2D eigenvalue weighted by Gasteiger charge is -2.21. The van der Waals surface area contributed by atoms with Gasteiger partial charge in [0.1, 0.15) is 17.9 Å². The predicted molar refractivity (Wildman–Crippen MR) is 148 cm³/mol. The molecular formula is C29H19ClN6O2. The van der Waals surface area contributed by atoms with Gasteiger partial charge in [-0.2, -0.15) is 4.98 Å². The highest BCUT2D eigenvalue weighted by molar-refractivity contribution is 6.31. The number of hydrogen-bond donors (Lipinski definition) is 1. The smallest absolute Gasteiger partial charge is 0.260 e. The number of nitrogens with one attached hydrogen (secondary N) is 1. The Morgan fingerprint density at radius 3 is 2.71 bits per heavy atom. The van der Waals surface area contributed by atoms with Crippen molar-refractivity contribution in [2.75, 3.05) is 17.3 Å². The molecule has 0 saturated heterocycles. The first kappa shape index (κ1) is 22.3. The monoisotopic (exact) mass is 518 g/mol. The van der Waals surface area contributed by atoms with E-state index in [0.29, 0.717) is 39.4 Å². The van der Waals surface area contributed by atoms with E-state index in [4.69, 9.17) is 21.3 Å². The lowest BCUT2D eigenvalue weighted by Crippen LogP contribution is -2.14. The number of nitrogens with zero attached hydrogens (tertiary/aromatic N) is 5. The van der Waals surface area contributed by atoms with Gasteiger partial charge in [0.05, 0.1) is 16.8 Å². The Morgan fingerprint density at radius 1 is 0.947 bits per heavy atom. The minimum Gasteiger partial charge on any atom is -0.454 e. The molecule has 0 fully saturated rings. The molecule has 7 rings (SSSR count). The van der Waals surface area contributed by atoms with Crippen molar-refractivity contribution in [3.63, 3.8) is 0 Å². The van der Waals surface area contributed by atoms with Gasteiger partial charge in [0.15, 0.2) is 5.75 Å². The zero-order chi connectivity index (χ0) is 25.8. The number of hydrogen-bond acceptors (Lipinski definition) is 6. The van der Waals surface area contributed by atoms with Gasteiger partial charge in [-0.1, -0.05) is 48.0 Å². The fourth-order valence-electron chi connectivity index (χ4n) is 4.84. The molecule has 1 aliphatic rings. The van der Waals surface area contributed by atoms with E-state index in [-0.39, 0.29) is 5.91 Å². The molecule has 4 aromatic carbocycles. The Morgan fingerprint density at radius 2 is 1.79 bits per heavy atom. The van der Waals surface area contributed by atoms with E-state index in [9.17, 15) is 4.79 Å². The van der Waals surface area contributed by atoms with Crippen LogP contribution in [0.3, 0.4) is 0 Å². The molecule has 1 aliphatic heterocycles. The summed E-state index contributed by atoms with van der Waals surface area (Å²) in [6.07, 6.45) is 1.62. The van der Waals surface area contributed by atoms with Crippen LogP contribution >= 0.6 is 11.6 Å². The topological polar surface area (TPSA) is 84.7 Å². The number of anilines is 3. The Hall–Kier alpha value is -4.95. The third-order valence-corrected chi connectivity index (χ3v) is 6.90. The average molecular weight is 519 g/mol. The first-order valence-corrected chi connectivity index (χ1v) is 12.3. The molecule has 3 heterocycles. The van der Waals surface area contributed by atoms with E-state index >= 15 is 0 Å². The summed E-state index contributed by atoms with van der Waals surface area (Å²) < 4.78 is 7.95. The van der Waals surface area contributed by atoms with Crippen LogP contribution in [0.15, 0.2) is 91.3 Å². The highest BCUT2D eigenvalue weighted by atomic mass is 35.5. The lowest BCUT2D eigenvalue weighted by molar-refractivity contribution is 0.102. The van der Waals surface area contributed by atoms with Gasteiger partial charge in [-0.05, 0) is 59.7 Å². The maximum Gasteiger partial charge on any atom is 0.260 e. The Bertz CT molecular complexity index is 1900. The summed E-state index contributed by atoms with van der Waals surface area (Å²) in [5.41, 5.74) is 4.48. The number of aromatic nitrogens is 4. The summed E-state index contributed by atoms with van der Waals surface area (Å²) >= 11 is 6.30. The van der Waals surface area contributed by atoms with E-state index in [0.717, 1.165) is 27.7 Å². The zero-order valence-corrected chi connectivity index (χ0v) is 20.8. The first-order chi connectivity index (χ1) is 18.6. The van der Waals surface area contributed by atoms with Crippen LogP contribution in [-0.4, -0.2) is 32.5 Å². The van der Waals surface area contributed by atoms with Crippen molar-refractivity contribution in [1.82, 2.24) is 19.6 Å². The molecule has 0 saturated carbocycles. The third kappa shape index (κ3) is 3.54. The number of halogens is 1.